The highest BCUT2D eigenvalue weighted by Gasteiger charge is 2.36. The zero-order valence-corrected chi connectivity index (χ0v) is 12.5. The van der Waals surface area contributed by atoms with Crippen molar-refractivity contribution in [2.45, 2.75) is 19.4 Å². The zero-order chi connectivity index (χ0) is 13.5. The van der Waals surface area contributed by atoms with E-state index in [1.807, 2.05) is 48.9 Å². The number of hydrogen-bond acceptors (Lipinski definition) is 3. The summed E-state index contributed by atoms with van der Waals surface area (Å²) >= 11 is 3.47. The van der Waals surface area contributed by atoms with E-state index in [-0.39, 0.29) is 11.4 Å². The molecule has 18 heavy (non-hydrogen) atoms. The molecule has 1 aromatic carbocycles. The van der Waals surface area contributed by atoms with Crippen LogP contribution in [0.3, 0.4) is 0 Å². The van der Waals surface area contributed by atoms with Gasteiger partial charge in [-0.3, -0.25) is 4.79 Å². The van der Waals surface area contributed by atoms with Crippen LogP contribution < -0.4 is 15.5 Å². The smallest absolute Gasteiger partial charge is 0.247 e. The zero-order valence-electron chi connectivity index (χ0n) is 10.9. The second kappa shape index (κ2) is 4.55. The molecule has 2 N–H and O–H groups in total. The number of likely N-dealkylation sites (N-methyl/N-ethyl adjacent to an activating group) is 1. The Morgan fingerprint density at radius 1 is 1.39 bits per heavy atom. The maximum absolute atomic E-state index is 12.3. The van der Waals surface area contributed by atoms with Gasteiger partial charge in [-0.2, -0.15) is 0 Å². The van der Waals surface area contributed by atoms with Crippen molar-refractivity contribution >= 4 is 33.2 Å². The molecule has 0 saturated carbocycles. The van der Waals surface area contributed by atoms with Gasteiger partial charge in [0.15, 0.2) is 0 Å². The molecule has 0 aliphatic carbocycles. The summed E-state index contributed by atoms with van der Waals surface area (Å²) in [5.41, 5.74) is 7.40. The Balaban J connectivity index is 2.57. The van der Waals surface area contributed by atoms with Gasteiger partial charge in [0.05, 0.1) is 23.5 Å². The van der Waals surface area contributed by atoms with Crippen molar-refractivity contribution in [1.82, 2.24) is 0 Å². The minimum Gasteiger partial charge on any atom is -0.364 e. The maximum atomic E-state index is 12.3. The van der Waals surface area contributed by atoms with Gasteiger partial charge in [0, 0.05) is 18.1 Å². The first-order chi connectivity index (χ1) is 8.36. The van der Waals surface area contributed by atoms with Crippen LogP contribution in [0.4, 0.5) is 11.4 Å². The van der Waals surface area contributed by atoms with Crippen molar-refractivity contribution in [3.63, 3.8) is 0 Å². The van der Waals surface area contributed by atoms with Crippen LogP contribution in [0, 0.1) is 0 Å². The predicted octanol–water partition coefficient (Wildman–Crippen LogP) is 1.97. The topological polar surface area (TPSA) is 49.6 Å². The van der Waals surface area contributed by atoms with Crippen molar-refractivity contribution < 1.29 is 4.79 Å². The van der Waals surface area contributed by atoms with Crippen LogP contribution in [0.2, 0.25) is 0 Å². The highest BCUT2D eigenvalue weighted by atomic mass is 79.9. The second-order valence-corrected chi connectivity index (χ2v) is 6.15. The number of carbonyl (C=O) groups excluding carboxylic acids is 1. The molecule has 0 aromatic heterocycles. The largest absolute Gasteiger partial charge is 0.364 e. The molecule has 1 amide bonds. The van der Waals surface area contributed by atoms with Gasteiger partial charge in [-0.25, -0.2) is 0 Å². The van der Waals surface area contributed by atoms with Crippen molar-refractivity contribution in [3.8, 4) is 0 Å². The molecule has 0 saturated heterocycles. The summed E-state index contributed by atoms with van der Waals surface area (Å²) < 4.78 is 1.01. The highest BCUT2D eigenvalue weighted by Crippen LogP contribution is 2.38. The molecule has 1 heterocycles. The van der Waals surface area contributed by atoms with Gasteiger partial charge >= 0.3 is 0 Å². The predicted molar refractivity (Wildman–Crippen MR) is 78.0 cm³/mol. The van der Waals surface area contributed by atoms with Crippen LogP contribution in [0.15, 0.2) is 22.7 Å². The molecule has 98 valence electrons. The molecule has 0 unspecified atom stereocenters. The molecule has 4 nitrogen and oxygen atoms in total. The van der Waals surface area contributed by atoms with Gasteiger partial charge in [0.1, 0.15) is 0 Å². The van der Waals surface area contributed by atoms with E-state index in [2.05, 4.69) is 15.9 Å². The Morgan fingerprint density at radius 2 is 2.06 bits per heavy atom. The Hall–Kier alpha value is -1.07. The Kier molecular flexibility index (Phi) is 3.38. The fraction of sp³-hybridized carbons (Fsp3) is 0.462. The summed E-state index contributed by atoms with van der Waals surface area (Å²) in [5, 5.41) is 0. The average molecular weight is 312 g/mol. The number of amides is 1. The molecule has 1 aromatic rings. The van der Waals surface area contributed by atoms with Gasteiger partial charge in [-0.15, -0.1) is 0 Å². The maximum Gasteiger partial charge on any atom is 0.247 e. The first kappa shape index (κ1) is 13.4. The normalized spacial score (nSPS) is 15.9. The van der Waals surface area contributed by atoms with Gasteiger partial charge in [-0.05, 0) is 32.0 Å². The molecule has 0 radical (unpaired) electrons. The van der Waals surface area contributed by atoms with E-state index in [1.165, 1.54) is 0 Å². The summed E-state index contributed by atoms with van der Waals surface area (Å²) in [6.45, 7) is 4.79. The molecule has 1 aliphatic heterocycles. The first-order valence-corrected chi connectivity index (χ1v) is 6.70. The lowest BCUT2D eigenvalue weighted by Gasteiger charge is -2.44. The van der Waals surface area contributed by atoms with Gasteiger partial charge in [0.2, 0.25) is 5.91 Å². The molecule has 5 heteroatoms. The van der Waals surface area contributed by atoms with Crippen LogP contribution in [0.1, 0.15) is 13.8 Å². The lowest BCUT2D eigenvalue weighted by molar-refractivity contribution is -0.118. The van der Waals surface area contributed by atoms with Crippen molar-refractivity contribution in [2.75, 3.05) is 29.9 Å². The van der Waals surface area contributed by atoms with E-state index in [9.17, 15) is 4.79 Å². The van der Waals surface area contributed by atoms with Crippen LogP contribution in [0.5, 0.6) is 0 Å². The quantitative estimate of drug-likeness (QED) is 0.908. The highest BCUT2D eigenvalue weighted by molar-refractivity contribution is 9.10. The minimum atomic E-state index is -0.374. The standard InChI is InChI=1S/C13H18BrN3O/c1-13(2,8-15)17-10-5-4-9(14)6-11(10)16(3)7-12(17)18/h4-6H,7-8,15H2,1-3H3. The number of carbonyl (C=O) groups is 1. The van der Waals surface area contributed by atoms with Crippen LogP contribution in [-0.4, -0.2) is 31.6 Å². The molecule has 0 spiro atoms. The number of benzene rings is 1. The lowest BCUT2D eigenvalue weighted by atomic mass is 9.99. The van der Waals surface area contributed by atoms with Crippen LogP contribution >= 0.6 is 15.9 Å². The lowest BCUT2D eigenvalue weighted by Crippen LogP contribution is -2.57. The number of rotatable bonds is 2. The average Bonchev–Trinajstić information content (AvgIpc) is 2.30. The molecule has 2 rings (SSSR count). The summed E-state index contributed by atoms with van der Waals surface area (Å²) in [6, 6.07) is 5.94. The van der Waals surface area contributed by atoms with E-state index in [1.54, 1.807) is 0 Å². The number of fused-ring (bicyclic) bond motifs is 1. The Morgan fingerprint density at radius 3 is 2.67 bits per heavy atom. The second-order valence-electron chi connectivity index (χ2n) is 5.23. The summed E-state index contributed by atoms with van der Waals surface area (Å²) in [5.74, 6) is 0.0859. The molecule has 1 aliphatic rings. The number of anilines is 2. The minimum absolute atomic E-state index is 0.0859. The van der Waals surface area contributed by atoms with E-state index < -0.39 is 0 Å². The molecular weight excluding hydrogens is 294 g/mol. The molecular formula is C13H18BrN3O. The Labute approximate surface area is 116 Å². The molecule has 0 fully saturated rings. The third-order valence-electron chi connectivity index (χ3n) is 3.32. The van der Waals surface area contributed by atoms with Crippen molar-refractivity contribution in [1.29, 1.82) is 0 Å². The van der Waals surface area contributed by atoms with Crippen molar-refractivity contribution in [3.05, 3.63) is 22.7 Å². The summed E-state index contributed by atoms with van der Waals surface area (Å²) in [6.07, 6.45) is 0. The third-order valence-corrected chi connectivity index (χ3v) is 3.81. The van der Waals surface area contributed by atoms with Crippen molar-refractivity contribution in [2.24, 2.45) is 5.73 Å². The third kappa shape index (κ3) is 2.12. The van der Waals surface area contributed by atoms with Crippen LogP contribution in [-0.2, 0) is 4.79 Å². The summed E-state index contributed by atoms with van der Waals surface area (Å²) in [4.78, 5) is 16.1. The summed E-state index contributed by atoms with van der Waals surface area (Å²) in [7, 11) is 1.93. The molecule has 0 atom stereocenters. The SMILES string of the molecule is CN1CC(=O)N(C(C)(C)CN)c2ccc(Br)cc21. The van der Waals surface area contributed by atoms with Crippen LogP contribution in [0.25, 0.3) is 0 Å². The first-order valence-electron chi connectivity index (χ1n) is 5.90. The van der Waals surface area contributed by atoms with E-state index in [0.717, 1.165) is 15.8 Å². The van der Waals surface area contributed by atoms with E-state index in [0.29, 0.717) is 13.1 Å². The number of nitrogens with two attached hydrogens (primary N) is 1. The fourth-order valence-electron chi connectivity index (χ4n) is 2.24. The number of hydrogen-bond donors (Lipinski definition) is 1. The molecule has 0 bridgehead atoms. The van der Waals surface area contributed by atoms with E-state index >= 15 is 0 Å². The Bertz CT molecular complexity index is 487. The number of nitrogens with zero attached hydrogens (tertiary/aromatic N) is 2. The fourth-order valence-corrected chi connectivity index (χ4v) is 2.59. The van der Waals surface area contributed by atoms with E-state index in [4.69, 9.17) is 5.73 Å². The monoisotopic (exact) mass is 311 g/mol. The van der Waals surface area contributed by atoms with Gasteiger partial charge in [-0.1, -0.05) is 15.9 Å². The number of halogens is 1. The van der Waals surface area contributed by atoms with Gasteiger partial charge in [0.25, 0.3) is 0 Å². The van der Waals surface area contributed by atoms with Gasteiger partial charge < -0.3 is 15.5 Å².